The van der Waals surface area contributed by atoms with Crippen LogP contribution in [-0.4, -0.2) is 27.0 Å². The second-order valence-electron chi connectivity index (χ2n) is 5.11. The highest BCUT2D eigenvalue weighted by Gasteiger charge is 2.30. The lowest BCUT2D eigenvalue weighted by Crippen LogP contribution is -2.14. The molecule has 0 aliphatic heterocycles. The molecule has 1 amide bonds. The number of aryl methyl sites for hydroxylation is 1. The largest absolute Gasteiger partial charge is 0.416 e. The molecule has 0 spiro atoms. The Kier molecular flexibility index (Phi) is 4.98. The number of hydrogen-bond donors (Lipinski definition) is 1. The number of thioether (sulfide) groups is 1. The van der Waals surface area contributed by atoms with Gasteiger partial charge < -0.3 is 14.3 Å². The summed E-state index contributed by atoms with van der Waals surface area (Å²) in [6.07, 6.45) is -4.42. The van der Waals surface area contributed by atoms with E-state index < -0.39 is 17.6 Å². The summed E-state index contributed by atoms with van der Waals surface area (Å²) >= 11 is 0.987. The smallest absolute Gasteiger partial charge is 0.409 e. The van der Waals surface area contributed by atoms with Gasteiger partial charge in [-0.25, -0.2) is 0 Å². The first kappa shape index (κ1) is 18.0. The summed E-state index contributed by atoms with van der Waals surface area (Å²) in [6, 6.07) is 5.78. The first-order valence-electron chi connectivity index (χ1n) is 7.18. The topological polar surface area (TPSA) is 94.1 Å². The SMILES string of the molecule is Cc1cc(-c2nnc(SCC(=O)Nc3ccc(C(F)(F)F)cc3)o2)no1. The van der Waals surface area contributed by atoms with Crippen LogP contribution < -0.4 is 5.32 Å². The van der Waals surface area contributed by atoms with Crippen LogP contribution in [0.3, 0.4) is 0 Å². The van der Waals surface area contributed by atoms with Crippen LogP contribution >= 0.6 is 11.8 Å². The van der Waals surface area contributed by atoms with E-state index in [0.29, 0.717) is 11.5 Å². The van der Waals surface area contributed by atoms with Gasteiger partial charge in [0.15, 0.2) is 5.69 Å². The van der Waals surface area contributed by atoms with E-state index in [1.54, 1.807) is 13.0 Å². The zero-order valence-electron chi connectivity index (χ0n) is 13.2. The molecule has 0 unspecified atom stereocenters. The van der Waals surface area contributed by atoms with Crippen molar-refractivity contribution in [3.63, 3.8) is 0 Å². The lowest BCUT2D eigenvalue weighted by Gasteiger charge is -2.08. The van der Waals surface area contributed by atoms with Crippen molar-refractivity contribution in [2.45, 2.75) is 18.3 Å². The van der Waals surface area contributed by atoms with Gasteiger partial charge in [0.05, 0.1) is 11.3 Å². The van der Waals surface area contributed by atoms with Gasteiger partial charge in [-0.3, -0.25) is 4.79 Å². The van der Waals surface area contributed by atoms with Crippen LogP contribution in [0.5, 0.6) is 0 Å². The molecule has 0 aliphatic rings. The lowest BCUT2D eigenvalue weighted by atomic mass is 10.2. The van der Waals surface area contributed by atoms with E-state index in [1.807, 2.05) is 0 Å². The van der Waals surface area contributed by atoms with Crippen molar-refractivity contribution in [1.29, 1.82) is 0 Å². The molecule has 3 aromatic rings. The molecule has 2 aromatic heterocycles. The number of nitrogens with one attached hydrogen (secondary N) is 1. The summed E-state index contributed by atoms with van der Waals surface area (Å²) in [6.45, 7) is 1.72. The zero-order chi connectivity index (χ0) is 18.7. The number of halogens is 3. The Morgan fingerprint density at radius 2 is 1.96 bits per heavy atom. The molecule has 0 fully saturated rings. The number of hydrogen-bond acceptors (Lipinski definition) is 7. The van der Waals surface area contributed by atoms with E-state index in [0.717, 1.165) is 23.9 Å². The zero-order valence-corrected chi connectivity index (χ0v) is 14.0. The van der Waals surface area contributed by atoms with Crippen LogP contribution in [0.15, 0.2) is 44.5 Å². The van der Waals surface area contributed by atoms with Crippen molar-refractivity contribution in [2.24, 2.45) is 0 Å². The standard InChI is InChI=1S/C15H11F3N4O3S/c1-8-6-11(22-25-8)13-20-21-14(24-13)26-7-12(23)19-10-4-2-9(3-5-10)15(16,17)18/h2-6H,7H2,1H3,(H,19,23). The first-order valence-corrected chi connectivity index (χ1v) is 8.17. The molecule has 26 heavy (non-hydrogen) atoms. The van der Waals surface area contributed by atoms with Crippen molar-refractivity contribution in [1.82, 2.24) is 15.4 Å². The molecule has 0 saturated heterocycles. The third-order valence-electron chi connectivity index (χ3n) is 3.08. The number of nitrogens with zero attached hydrogens (tertiary/aromatic N) is 3. The summed E-state index contributed by atoms with van der Waals surface area (Å²) in [5, 5.41) is 14.0. The van der Waals surface area contributed by atoms with Crippen molar-refractivity contribution in [3.05, 3.63) is 41.7 Å². The molecule has 3 rings (SSSR count). The van der Waals surface area contributed by atoms with Crippen LogP contribution in [0.25, 0.3) is 11.6 Å². The Labute approximate surface area is 149 Å². The normalized spacial score (nSPS) is 11.5. The highest BCUT2D eigenvalue weighted by Crippen LogP contribution is 2.30. The van der Waals surface area contributed by atoms with Crippen molar-refractivity contribution in [3.8, 4) is 11.6 Å². The summed E-state index contributed by atoms with van der Waals surface area (Å²) in [5.41, 5.74) is -0.143. The second kappa shape index (κ2) is 7.20. The molecule has 0 saturated carbocycles. The average Bonchev–Trinajstić information content (AvgIpc) is 3.21. The third-order valence-corrected chi connectivity index (χ3v) is 3.89. The number of alkyl halides is 3. The molecular weight excluding hydrogens is 373 g/mol. The minimum absolute atomic E-state index is 0.0551. The Hall–Kier alpha value is -2.82. The first-order chi connectivity index (χ1) is 12.3. The van der Waals surface area contributed by atoms with E-state index in [1.165, 1.54) is 12.1 Å². The molecule has 1 aromatic carbocycles. The van der Waals surface area contributed by atoms with Crippen molar-refractivity contribution in [2.75, 3.05) is 11.1 Å². The highest BCUT2D eigenvalue weighted by atomic mass is 32.2. The summed E-state index contributed by atoms with van der Waals surface area (Å²) in [7, 11) is 0. The summed E-state index contributed by atoms with van der Waals surface area (Å²) in [4.78, 5) is 11.9. The minimum Gasteiger partial charge on any atom is -0.409 e. The fourth-order valence-electron chi connectivity index (χ4n) is 1.91. The van der Waals surface area contributed by atoms with Crippen LogP contribution in [-0.2, 0) is 11.0 Å². The molecular formula is C15H11F3N4O3S. The van der Waals surface area contributed by atoms with E-state index in [-0.39, 0.29) is 22.6 Å². The third kappa shape index (κ3) is 4.42. The maximum absolute atomic E-state index is 12.5. The maximum Gasteiger partial charge on any atom is 0.416 e. The Balaban J connectivity index is 1.54. The number of rotatable bonds is 5. The van der Waals surface area contributed by atoms with Crippen LogP contribution in [0, 0.1) is 6.92 Å². The van der Waals surface area contributed by atoms with Gasteiger partial charge in [0.25, 0.3) is 11.1 Å². The van der Waals surface area contributed by atoms with E-state index in [9.17, 15) is 18.0 Å². The molecule has 0 bridgehead atoms. The molecule has 2 heterocycles. The number of anilines is 1. The number of carbonyl (C=O) groups is 1. The minimum atomic E-state index is -4.42. The van der Waals surface area contributed by atoms with Gasteiger partial charge in [-0.2, -0.15) is 13.2 Å². The quantitative estimate of drug-likeness (QED) is 0.669. The maximum atomic E-state index is 12.5. The predicted molar refractivity (Wildman–Crippen MR) is 85.3 cm³/mol. The molecule has 1 N–H and O–H groups in total. The van der Waals surface area contributed by atoms with Gasteiger partial charge >= 0.3 is 6.18 Å². The molecule has 7 nitrogen and oxygen atoms in total. The number of benzene rings is 1. The van der Waals surface area contributed by atoms with Crippen LogP contribution in [0.4, 0.5) is 18.9 Å². The Morgan fingerprint density at radius 1 is 1.23 bits per heavy atom. The summed E-state index contributed by atoms with van der Waals surface area (Å²) < 4.78 is 47.7. The lowest BCUT2D eigenvalue weighted by molar-refractivity contribution is -0.137. The average molecular weight is 384 g/mol. The molecule has 0 atom stereocenters. The van der Waals surface area contributed by atoms with Crippen molar-refractivity contribution >= 4 is 23.4 Å². The van der Waals surface area contributed by atoms with E-state index >= 15 is 0 Å². The number of aromatic nitrogens is 3. The number of amides is 1. The highest BCUT2D eigenvalue weighted by molar-refractivity contribution is 7.99. The van der Waals surface area contributed by atoms with Gasteiger partial charge in [-0.1, -0.05) is 16.9 Å². The summed E-state index contributed by atoms with van der Waals surface area (Å²) in [5.74, 6) is 0.267. The molecule has 0 radical (unpaired) electrons. The van der Waals surface area contributed by atoms with Gasteiger partial charge in [0.2, 0.25) is 5.91 Å². The van der Waals surface area contributed by atoms with E-state index in [4.69, 9.17) is 8.94 Å². The fraction of sp³-hybridized carbons (Fsp3) is 0.200. The molecule has 0 aliphatic carbocycles. The van der Waals surface area contributed by atoms with Gasteiger partial charge in [0, 0.05) is 11.8 Å². The number of carbonyl (C=O) groups excluding carboxylic acids is 1. The van der Waals surface area contributed by atoms with Gasteiger partial charge in [-0.15, -0.1) is 10.2 Å². The molecule has 11 heteroatoms. The second-order valence-corrected chi connectivity index (χ2v) is 6.03. The molecule has 136 valence electrons. The van der Waals surface area contributed by atoms with Gasteiger partial charge in [-0.05, 0) is 31.2 Å². The monoisotopic (exact) mass is 384 g/mol. The fourth-order valence-corrected chi connectivity index (χ4v) is 2.47. The Bertz CT molecular complexity index is 906. The van der Waals surface area contributed by atoms with Crippen molar-refractivity contribution < 1.29 is 26.9 Å². The Morgan fingerprint density at radius 3 is 2.58 bits per heavy atom. The van der Waals surface area contributed by atoms with Crippen LogP contribution in [0.2, 0.25) is 0 Å². The van der Waals surface area contributed by atoms with E-state index in [2.05, 4.69) is 20.7 Å². The predicted octanol–water partition coefficient (Wildman–Crippen LogP) is 3.78. The van der Waals surface area contributed by atoms with Crippen LogP contribution in [0.1, 0.15) is 11.3 Å². The van der Waals surface area contributed by atoms with Gasteiger partial charge in [0.1, 0.15) is 5.76 Å².